The van der Waals surface area contributed by atoms with Crippen molar-refractivity contribution in [2.24, 2.45) is 11.8 Å². The molecule has 1 N–H and O–H groups in total. The van der Waals surface area contributed by atoms with Crippen molar-refractivity contribution in [3.63, 3.8) is 0 Å². The summed E-state index contributed by atoms with van der Waals surface area (Å²) in [4.78, 5) is 0. The van der Waals surface area contributed by atoms with E-state index in [1.54, 1.807) is 0 Å². The Hall–Kier alpha value is -0.0800. The minimum Gasteiger partial charge on any atom is -0.381 e. The van der Waals surface area contributed by atoms with E-state index in [2.05, 4.69) is 26.1 Å². The standard InChI is InChI=1S/C13H27NO/c1-4-13(5-2)11(3)14-9-12-7-6-8-15-10-12/h11-14H,4-10H2,1-3H3. The molecular weight excluding hydrogens is 186 g/mol. The number of hydrogen-bond acceptors (Lipinski definition) is 2. The number of nitrogens with one attached hydrogen (secondary N) is 1. The lowest BCUT2D eigenvalue weighted by atomic mass is 9.94. The van der Waals surface area contributed by atoms with E-state index in [-0.39, 0.29) is 0 Å². The van der Waals surface area contributed by atoms with Crippen LogP contribution >= 0.6 is 0 Å². The van der Waals surface area contributed by atoms with Crippen LogP contribution in [-0.2, 0) is 4.74 Å². The molecule has 2 nitrogen and oxygen atoms in total. The predicted octanol–water partition coefficient (Wildman–Crippen LogP) is 2.83. The molecule has 1 aliphatic heterocycles. The molecule has 15 heavy (non-hydrogen) atoms. The SMILES string of the molecule is CCC(CC)C(C)NCC1CCCOC1. The van der Waals surface area contributed by atoms with E-state index in [1.807, 2.05) is 0 Å². The maximum atomic E-state index is 5.49. The van der Waals surface area contributed by atoms with Crippen molar-refractivity contribution in [2.45, 2.75) is 52.5 Å². The highest BCUT2D eigenvalue weighted by Crippen LogP contribution is 2.15. The van der Waals surface area contributed by atoms with Gasteiger partial charge in [-0.1, -0.05) is 26.7 Å². The van der Waals surface area contributed by atoms with Crippen LogP contribution in [0.3, 0.4) is 0 Å². The molecule has 1 aliphatic rings. The van der Waals surface area contributed by atoms with Crippen molar-refractivity contribution in [1.29, 1.82) is 0 Å². The maximum Gasteiger partial charge on any atom is 0.0506 e. The Morgan fingerprint density at radius 2 is 2.07 bits per heavy atom. The van der Waals surface area contributed by atoms with E-state index >= 15 is 0 Å². The van der Waals surface area contributed by atoms with Crippen LogP contribution in [0.1, 0.15) is 46.5 Å². The summed E-state index contributed by atoms with van der Waals surface area (Å²) in [6.45, 7) is 9.96. The fraction of sp³-hybridized carbons (Fsp3) is 1.00. The summed E-state index contributed by atoms with van der Waals surface area (Å²) >= 11 is 0. The van der Waals surface area contributed by atoms with Crippen LogP contribution in [-0.4, -0.2) is 25.8 Å². The zero-order chi connectivity index (χ0) is 11.1. The van der Waals surface area contributed by atoms with Crippen LogP contribution in [0.25, 0.3) is 0 Å². The maximum absolute atomic E-state index is 5.49. The van der Waals surface area contributed by atoms with Gasteiger partial charge in [0.25, 0.3) is 0 Å². The Balaban J connectivity index is 2.16. The van der Waals surface area contributed by atoms with Gasteiger partial charge in [0.2, 0.25) is 0 Å². The first-order valence-corrected chi connectivity index (χ1v) is 6.59. The summed E-state index contributed by atoms with van der Waals surface area (Å²) in [6, 6.07) is 0.655. The molecule has 0 aromatic heterocycles. The first kappa shape index (κ1) is 13.0. The molecule has 0 aliphatic carbocycles. The van der Waals surface area contributed by atoms with Crippen LogP contribution in [0.15, 0.2) is 0 Å². The lowest BCUT2D eigenvalue weighted by Gasteiger charge is -2.27. The highest BCUT2D eigenvalue weighted by atomic mass is 16.5. The molecule has 1 fully saturated rings. The van der Waals surface area contributed by atoms with E-state index in [4.69, 9.17) is 4.74 Å². The molecule has 1 saturated heterocycles. The third-order valence-electron chi connectivity index (χ3n) is 3.74. The summed E-state index contributed by atoms with van der Waals surface area (Å²) in [6.07, 6.45) is 5.14. The van der Waals surface area contributed by atoms with Gasteiger partial charge in [-0.05, 0) is 31.6 Å². The molecule has 2 unspecified atom stereocenters. The van der Waals surface area contributed by atoms with Gasteiger partial charge in [-0.3, -0.25) is 0 Å². The van der Waals surface area contributed by atoms with Gasteiger partial charge in [-0.15, -0.1) is 0 Å². The zero-order valence-corrected chi connectivity index (χ0v) is 10.6. The second-order valence-electron chi connectivity index (χ2n) is 4.86. The third kappa shape index (κ3) is 4.52. The lowest BCUT2D eigenvalue weighted by Crippen LogP contribution is -2.38. The number of ether oxygens (including phenoxy) is 1. The van der Waals surface area contributed by atoms with E-state index in [9.17, 15) is 0 Å². The highest BCUT2D eigenvalue weighted by Gasteiger charge is 2.17. The Kier molecular flexibility index (Phi) is 6.26. The summed E-state index contributed by atoms with van der Waals surface area (Å²) in [5.74, 6) is 1.57. The minimum atomic E-state index is 0.655. The second kappa shape index (κ2) is 7.24. The van der Waals surface area contributed by atoms with Gasteiger partial charge < -0.3 is 10.1 Å². The van der Waals surface area contributed by atoms with Crippen molar-refractivity contribution >= 4 is 0 Å². The Morgan fingerprint density at radius 3 is 2.60 bits per heavy atom. The van der Waals surface area contributed by atoms with Crippen LogP contribution in [0.5, 0.6) is 0 Å². The van der Waals surface area contributed by atoms with Crippen molar-refractivity contribution in [2.75, 3.05) is 19.8 Å². The van der Waals surface area contributed by atoms with Crippen LogP contribution in [0.2, 0.25) is 0 Å². The summed E-state index contributed by atoms with van der Waals surface area (Å²) in [7, 11) is 0. The van der Waals surface area contributed by atoms with Crippen LogP contribution in [0, 0.1) is 11.8 Å². The minimum absolute atomic E-state index is 0.655. The molecule has 2 heteroatoms. The molecule has 0 bridgehead atoms. The molecule has 0 spiro atoms. The van der Waals surface area contributed by atoms with Gasteiger partial charge in [-0.2, -0.15) is 0 Å². The zero-order valence-electron chi connectivity index (χ0n) is 10.6. The third-order valence-corrected chi connectivity index (χ3v) is 3.74. The fourth-order valence-corrected chi connectivity index (χ4v) is 2.48. The molecule has 1 rings (SSSR count). The first-order chi connectivity index (χ1) is 7.27. The molecule has 0 radical (unpaired) electrons. The average molecular weight is 213 g/mol. The van der Waals surface area contributed by atoms with Crippen LogP contribution in [0.4, 0.5) is 0 Å². The van der Waals surface area contributed by atoms with E-state index in [0.717, 1.165) is 31.6 Å². The quantitative estimate of drug-likeness (QED) is 0.732. The highest BCUT2D eigenvalue weighted by molar-refractivity contribution is 4.73. The Bertz CT molecular complexity index is 151. The van der Waals surface area contributed by atoms with Gasteiger partial charge in [-0.25, -0.2) is 0 Å². The second-order valence-corrected chi connectivity index (χ2v) is 4.86. The monoisotopic (exact) mass is 213 g/mol. The summed E-state index contributed by atoms with van der Waals surface area (Å²) in [5.41, 5.74) is 0. The molecule has 2 atom stereocenters. The molecule has 0 amide bonds. The molecule has 0 aromatic rings. The van der Waals surface area contributed by atoms with E-state index in [1.165, 1.54) is 25.7 Å². The fourth-order valence-electron chi connectivity index (χ4n) is 2.48. The van der Waals surface area contributed by atoms with Gasteiger partial charge in [0.1, 0.15) is 0 Å². The van der Waals surface area contributed by atoms with E-state index in [0.29, 0.717) is 6.04 Å². The van der Waals surface area contributed by atoms with Crippen molar-refractivity contribution in [3.05, 3.63) is 0 Å². The Labute approximate surface area is 94.8 Å². The Morgan fingerprint density at radius 1 is 1.33 bits per heavy atom. The van der Waals surface area contributed by atoms with Crippen molar-refractivity contribution in [3.8, 4) is 0 Å². The summed E-state index contributed by atoms with van der Waals surface area (Å²) < 4.78 is 5.49. The van der Waals surface area contributed by atoms with Gasteiger partial charge >= 0.3 is 0 Å². The molecule has 1 heterocycles. The van der Waals surface area contributed by atoms with Crippen molar-refractivity contribution in [1.82, 2.24) is 5.32 Å². The molecule has 0 aromatic carbocycles. The lowest BCUT2D eigenvalue weighted by molar-refractivity contribution is 0.0531. The normalized spacial score (nSPS) is 24.4. The van der Waals surface area contributed by atoms with Crippen LogP contribution < -0.4 is 5.32 Å². The van der Waals surface area contributed by atoms with Gasteiger partial charge in [0.05, 0.1) is 6.61 Å². The predicted molar refractivity (Wildman–Crippen MR) is 65.1 cm³/mol. The smallest absolute Gasteiger partial charge is 0.0506 e. The molecule has 0 saturated carbocycles. The van der Waals surface area contributed by atoms with Gasteiger partial charge in [0, 0.05) is 19.2 Å². The van der Waals surface area contributed by atoms with Crippen molar-refractivity contribution < 1.29 is 4.74 Å². The van der Waals surface area contributed by atoms with E-state index < -0.39 is 0 Å². The largest absolute Gasteiger partial charge is 0.381 e. The number of hydrogen-bond donors (Lipinski definition) is 1. The first-order valence-electron chi connectivity index (χ1n) is 6.59. The average Bonchev–Trinajstić information content (AvgIpc) is 2.29. The topological polar surface area (TPSA) is 21.3 Å². The molecule has 90 valence electrons. The molecular formula is C13H27NO. The summed E-state index contributed by atoms with van der Waals surface area (Å²) in [5, 5.41) is 3.67. The number of rotatable bonds is 6. The van der Waals surface area contributed by atoms with Gasteiger partial charge in [0.15, 0.2) is 0 Å².